The zero-order valence-electron chi connectivity index (χ0n) is 18.4. The molecule has 1 aliphatic rings. The van der Waals surface area contributed by atoms with E-state index in [1.165, 1.54) is 5.69 Å². The van der Waals surface area contributed by atoms with Crippen molar-refractivity contribution in [2.45, 2.75) is 32.8 Å². The number of nitrogens with zero attached hydrogens (tertiary/aromatic N) is 2. The average molecular weight is 423 g/mol. The van der Waals surface area contributed by atoms with Gasteiger partial charge in [0.1, 0.15) is 5.82 Å². The molecule has 1 fully saturated rings. The standard InChI is InChI=1S/C24H30N4O3/c1-16-13-20(28-10-12-31-17(2)15-28)6-7-21(16)27-23-22-18(8-9-25-24(22)29)14-19(26-23)5-4-11-30-3/h6-9,13-14,17H,4-5,10-12,15H2,1-3H3,(H,25,29)(H,26,27)/t17-/m1/s1. The van der Waals surface area contributed by atoms with Crippen molar-refractivity contribution >= 4 is 28.0 Å². The molecular weight excluding hydrogens is 392 g/mol. The van der Waals surface area contributed by atoms with Gasteiger partial charge in [-0.1, -0.05) is 0 Å². The minimum atomic E-state index is -0.146. The zero-order valence-corrected chi connectivity index (χ0v) is 18.4. The monoisotopic (exact) mass is 422 g/mol. The second kappa shape index (κ2) is 9.49. The summed E-state index contributed by atoms with van der Waals surface area (Å²) >= 11 is 0. The second-order valence-corrected chi connectivity index (χ2v) is 8.08. The van der Waals surface area contributed by atoms with Crippen LogP contribution in [0.1, 0.15) is 24.6 Å². The summed E-state index contributed by atoms with van der Waals surface area (Å²) in [5, 5.41) is 4.87. The van der Waals surface area contributed by atoms with Crippen LogP contribution in [0.3, 0.4) is 0 Å². The SMILES string of the molecule is COCCCc1cc2cc[nH]c(=O)c2c(Nc2ccc(N3CCO[C@H](C)C3)cc2C)n1. The predicted octanol–water partition coefficient (Wildman–Crippen LogP) is 3.78. The van der Waals surface area contributed by atoms with E-state index in [0.29, 0.717) is 17.8 Å². The Morgan fingerprint density at radius 1 is 1.32 bits per heavy atom. The van der Waals surface area contributed by atoms with E-state index in [0.717, 1.165) is 54.9 Å². The van der Waals surface area contributed by atoms with Crippen LogP contribution in [-0.4, -0.2) is 49.5 Å². The molecule has 0 amide bonds. The van der Waals surface area contributed by atoms with E-state index in [9.17, 15) is 4.79 Å². The molecule has 0 saturated carbocycles. The highest BCUT2D eigenvalue weighted by atomic mass is 16.5. The number of rotatable bonds is 7. The number of benzene rings is 1. The van der Waals surface area contributed by atoms with E-state index >= 15 is 0 Å². The van der Waals surface area contributed by atoms with E-state index in [-0.39, 0.29) is 11.7 Å². The van der Waals surface area contributed by atoms with Crippen molar-refractivity contribution in [2.24, 2.45) is 0 Å². The van der Waals surface area contributed by atoms with Gasteiger partial charge in [-0.05, 0) is 68.0 Å². The number of aromatic nitrogens is 2. The number of hydrogen-bond acceptors (Lipinski definition) is 6. The molecule has 164 valence electrons. The Morgan fingerprint density at radius 3 is 2.97 bits per heavy atom. The van der Waals surface area contributed by atoms with Gasteiger partial charge in [-0.3, -0.25) is 4.79 Å². The minimum absolute atomic E-state index is 0.146. The van der Waals surface area contributed by atoms with Crippen LogP contribution in [0.4, 0.5) is 17.2 Å². The van der Waals surface area contributed by atoms with Gasteiger partial charge >= 0.3 is 0 Å². The van der Waals surface area contributed by atoms with Crippen LogP contribution in [0.15, 0.2) is 41.3 Å². The van der Waals surface area contributed by atoms with Gasteiger partial charge in [0.15, 0.2) is 0 Å². The molecule has 1 atom stereocenters. The normalized spacial score (nSPS) is 16.6. The lowest BCUT2D eigenvalue weighted by atomic mass is 10.1. The van der Waals surface area contributed by atoms with Crippen molar-refractivity contribution in [1.29, 1.82) is 0 Å². The van der Waals surface area contributed by atoms with Crippen LogP contribution >= 0.6 is 0 Å². The van der Waals surface area contributed by atoms with E-state index in [4.69, 9.17) is 14.5 Å². The van der Waals surface area contributed by atoms with Gasteiger partial charge < -0.3 is 24.7 Å². The Labute approximate surface area is 182 Å². The highest BCUT2D eigenvalue weighted by Crippen LogP contribution is 2.28. The third-order valence-electron chi connectivity index (χ3n) is 5.66. The lowest BCUT2D eigenvalue weighted by Crippen LogP contribution is -2.41. The van der Waals surface area contributed by atoms with Crippen molar-refractivity contribution in [3.63, 3.8) is 0 Å². The average Bonchev–Trinajstić information content (AvgIpc) is 2.75. The summed E-state index contributed by atoms with van der Waals surface area (Å²) in [6.07, 6.45) is 3.58. The van der Waals surface area contributed by atoms with E-state index in [1.807, 2.05) is 12.1 Å². The van der Waals surface area contributed by atoms with Gasteiger partial charge in [0.25, 0.3) is 5.56 Å². The number of aromatic amines is 1. The Balaban J connectivity index is 1.65. The Hall–Kier alpha value is -2.90. The number of anilines is 3. The van der Waals surface area contributed by atoms with Crippen LogP contribution in [0.2, 0.25) is 0 Å². The van der Waals surface area contributed by atoms with Crippen LogP contribution in [0, 0.1) is 6.92 Å². The smallest absolute Gasteiger partial charge is 0.259 e. The molecule has 2 aromatic heterocycles. The molecule has 1 aromatic carbocycles. The highest BCUT2D eigenvalue weighted by Gasteiger charge is 2.18. The van der Waals surface area contributed by atoms with Crippen molar-refractivity contribution in [3.05, 3.63) is 58.1 Å². The third kappa shape index (κ3) is 4.89. The number of nitrogens with one attached hydrogen (secondary N) is 2. The first kappa shape index (κ1) is 21.3. The summed E-state index contributed by atoms with van der Waals surface area (Å²) in [5.74, 6) is 0.586. The first-order valence-electron chi connectivity index (χ1n) is 10.8. The molecule has 0 unspecified atom stereocenters. The Kier molecular flexibility index (Phi) is 6.53. The van der Waals surface area contributed by atoms with Crippen LogP contribution in [0.5, 0.6) is 0 Å². The lowest BCUT2D eigenvalue weighted by molar-refractivity contribution is 0.0532. The maximum atomic E-state index is 12.6. The fourth-order valence-corrected chi connectivity index (χ4v) is 4.05. The zero-order chi connectivity index (χ0) is 21.8. The summed E-state index contributed by atoms with van der Waals surface area (Å²) in [7, 11) is 1.70. The summed E-state index contributed by atoms with van der Waals surface area (Å²) in [4.78, 5) is 22.5. The van der Waals surface area contributed by atoms with E-state index in [1.54, 1.807) is 13.3 Å². The fourth-order valence-electron chi connectivity index (χ4n) is 4.05. The van der Waals surface area contributed by atoms with Gasteiger partial charge in [0, 0.05) is 50.1 Å². The first-order chi connectivity index (χ1) is 15.0. The predicted molar refractivity (Wildman–Crippen MR) is 125 cm³/mol. The Bertz CT molecular complexity index is 1110. The molecule has 2 N–H and O–H groups in total. The molecule has 3 aromatic rings. The summed E-state index contributed by atoms with van der Waals surface area (Å²) in [6.45, 7) is 7.37. The number of fused-ring (bicyclic) bond motifs is 1. The van der Waals surface area contributed by atoms with Crippen molar-refractivity contribution < 1.29 is 9.47 Å². The first-order valence-corrected chi connectivity index (χ1v) is 10.8. The van der Waals surface area contributed by atoms with Gasteiger partial charge in [0.2, 0.25) is 0 Å². The lowest BCUT2D eigenvalue weighted by Gasteiger charge is -2.33. The van der Waals surface area contributed by atoms with Crippen LogP contribution in [0.25, 0.3) is 10.8 Å². The van der Waals surface area contributed by atoms with Crippen LogP contribution < -0.4 is 15.8 Å². The van der Waals surface area contributed by atoms with Crippen molar-refractivity contribution in [1.82, 2.24) is 9.97 Å². The summed E-state index contributed by atoms with van der Waals surface area (Å²) in [6, 6.07) is 10.3. The molecule has 31 heavy (non-hydrogen) atoms. The molecular formula is C24H30N4O3. The number of pyridine rings is 2. The molecule has 7 heteroatoms. The number of hydrogen-bond donors (Lipinski definition) is 2. The molecule has 7 nitrogen and oxygen atoms in total. The molecule has 0 radical (unpaired) electrons. The summed E-state index contributed by atoms with van der Waals surface area (Å²) in [5.41, 5.74) is 4.02. The Morgan fingerprint density at radius 2 is 2.19 bits per heavy atom. The molecule has 4 rings (SSSR count). The molecule has 0 spiro atoms. The van der Waals surface area contributed by atoms with Gasteiger partial charge in [-0.2, -0.15) is 0 Å². The maximum Gasteiger partial charge on any atom is 0.259 e. The maximum absolute atomic E-state index is 12.6. The van der Waals surface area contributed by atoms with E-state index < -0.39 is 0 Å². The number of aryl methyl sites for hydroxylation is 2. The quantitative estimate of drug-likeness (QED) is 0.564. The molecule has 1 saturated heterocycles. The topological polar surface area (TPSA) is 79.5 Å². The minimum Gasteiger partial charge on any atom is -0.385 e. The number of ether oxygens (including phenoxy) is 2. The molecule has 1 aliphatic heterocycles. The molecule has 0 bridgehead atoms. The molecule has 0 aliphatic carbocycles. The van der Waals surface area contributed by atoms with E-state index in [2.05, 4.69) is 47.2 Å². The molecule has 3 heterocycles. The number of methoxy groups -OCH3 is 1. The fraction of sp³-hybridized carbons (Fsp3) is 0.417. The van der Waals surface area contributed by atoms with Gasteiger partial charge in [-0.15, -0.1) is 0 Å². The number of H-pyrrole nitrogens is 1. The third-order valence-corrected chi connectivity index (χ3v) is 5.66. The highest BCUT2D eigenvalue weighted by molar-refractivity contribution is 5.93. The van der Waals surface area contributed by atoms with Gasteiger partial charge in [0.05, 0.1) is 18.1 Å². The second-order valence-electron chi connectivity index (χ2n) is 8.08. The van der Waals surface area contributed by atoms with Crippen LogP contribution in [-0.2, 0) is 15.9 Å². The van der Waals surface area contributed by atoms with Crippen molar-refractivity contribution in [2.75, 3.05) is 43.6 Å². The largest absolute Gasteiger partial charge is 0.385 e. The van der Waals surface area contributed by atoms with Crippen molar-refractivity contribution in [3.8, 4) is 0 Å². The summed E-state index contributed by atoms with van der Waals surface area (Å²) < 4.78 is 10.8. The van der Waals surface area contributed by atoms with Gasteiger partial charge in [-0.25, -0.2) is 4.98 Å². The number of morpholine rings is 1.